The Hall–Kier alpha value is -1.95. The second-order valence-electron chi connectivity index (χ2n) is 7.23. The van der Waals surface area contributed by atoms with E-state index in [2.05, 4.69) is 29.2 Å². The summed E-state index contributed by atoms with van der Waals surface area (Å²) in [5.74, 6) is 0.809. The van der Waals surface area contributed by atoms with Crippen LogP contribution in [-0.4, -0.2) is 38.4 Å². The average molecular weight is 330 g/mol. The van der Waals surface area contributed by atoms with Gasteiger partial charge in [-0.15, -0.1) is 0 Å². The number of rotatable bonds is 5. The molecule has 1 amide bonds. The minimum atomic E-state index is -0.0755. The zero-order chi connectivity index (χ0) is 17.1. The number of carbonyl (C=O) groups excluding carboxylic acids is 1. The first kappa shape index (κ1) is 16.9. The summed E-state index contributed by atoms with van der Waals surface area (Å²) in [5, 5.41) is 17.6. The third-order valence-electron chi connectivity index (χ3n) is 4.72. The summed E-state index contributed by atoms with van der Waals surface area (Å²) in [6.07, 6.45) is 7.21. The number of carbonyl (C=O) groups is 1. The maximum absolute atomic E-state index is 12.5. The lowest BCUT2D eigenvalue weighted by molar-refractivity contribution is 0.0914. The molecule has 1 saturated carbocycles. The molecule has 0 aromatic carbocycles. The molecule has 0 unspecified atom stereocenters. The average Bonchev–Trinajstić information content (AvgIpc) is 2.97. The molecular formula is C18H26N4O2. The number of hydrogen-bond donors (Lipinski definition) is 2. The van der Waals surface area contributed by atoms with Gasteiger partial charge in [0.05, 0.1) is 11.8 Å². The Kier molecular flexibility index (Phi) is 5.14. The van der Waals surface area contributed by atoms with Crippen LogP contribution in [0.2, 0.25) is 0 Å². The molecule has 2 aromatic rings. The highest BCUT2D eigenvalue weighted by atomic mass is 16.3. The fraction of sp³-hybridized carbons (Fsp3) is 0.611. The molecule has 2 heterocycles. The van der Waals surface area contributed by atoms with Gasteiger partial charge in [-0.2, -0.15) is 5.10 Å². The van der Waals surface area contributed by atoms with Gasteiger partial charge in [-0.3, -0.25) is 4.79 Å². The van der Waals surface area contributed by atoms with E-state index in [4.69, 9.17) is 0 Å². The molecule has 2 aromatic heterocycles. The second kappa shape index (κ2) is 7.30. The van der Waals surface area contributed by atoms with Crippen molar-refractivity contribution in [1.29, 1.82) is 0 Å². The van der Waals surface area contributed by atoms with Gasteiger partial charge in [0, 0.05) is 30.8 Å². The van der Waals surface area contributed by atoms with Crippen molar-refractivity contribution < 1.29 is 9.90 Å². The lowest BCUT2D eigenvalue weighted by Gasteiger charge is -2.27. The van der Waals surface area contributed by atoms with Crippen LogP contribution in [0, 0.1) is 11.8 Å². The van der Waals surface area contributed by atoms with E-state index in [1.807, 2.05) is 10.7 Å². The fourth-order valence-corrected chi connectivity index (χ4v) is 3.33. The zero-order valence-corrected chi connectivity index (χ0v) is 14.4. The monoisotopic (exact) mass is 330 g/mol. The summed E-state index contributed by atoms with van der Waals surface area (Å²) in [4.78, 5) is 16.9. The minimum Gasteiger partial charge on any atom is -0.396 e. The molecule has 0 spiro atoms. The first-order valence-corrected chi connectivity index (χ1v) is 8.80. The molecule has 0 atom stereocenters. The van der Waals surface area contributed by atoms with Gasteiger partial charge in [0.1, 0.15) is 0 Å². The molecule has 1 fully saturated rings. The van der Waals surface area contributed by atoms with Crippen molar-refractivity contribution in [2.24, 2.45) is 11.8 Å². The van der Waals surface area contributed by atoms with E-state index in [1.54, 1.807) is 12.4 Å². The standard InChI is InChI=1S/C18H26N4O2/c1-12(2)10-22-17-14(9-20-22)7-15(8-19-17)18(24)21-16-5-3-13(11-23)4-6-16/h7-9,12-13,16,23H,3-6,10-11H2,1-2H3,(H,21,24). The van der Waals surface area contributed by atoms with Crippen molar-refractivity contribution in [3.63, 3.8) is 0 Å². The maximum Gasteiger partial charge on any atom is 0.253 e. The molecule has 0 radical (unpaired) electrons. The van der Waals surface area contributed by atoms with Crippen molar-refractivity contribution in [1.82, 2.24) is 20.1 Å². The summed E-state index contributed by atoms with van der Waals surface area (Å²) in [7, 11) is 0. The van der Waals surface area contributed by atoms with E-state index in [-0.39, 0.29) is 18.6 Å². The van der Waals surface area contributed by atoms with Crippen LogP contribution in [0.4, 0.5) is 0 Å². The van der Waals surface area contributed by atoms with Crippen LogP contribution in [0.15, 0.2) is 18.5 Å². The first-order chi connectivity index (χ1) is 11.6. The predicted octanol–water partition coefficient (Wildman–Crippen LogP) is 2.37. The van der Waals surface area contributed by atoms with Crippen molar-refractivity contribution >= 4 is 16.9 Å². The molecule has 0 bridgehead atoms. The third-order valence-corrected chi connectivity index (χ3v) is 4.72. The molecule has 2 N–H and O–H groups in total. The fourth-order valence-electron chi connectivity index (χ4n) is 3.33. The molecule has 1 aliphatic carbocycles. The van der Waals surface area contributed by atoms with Crippen molar-refractivity contribution in [3.05, 3.63) is 24.0 Å². The first-order valence-electron chi connectivity index (χ1n) is 8.80. The summed E-state index contributed by atoms with van der Waals surface area (Å²) in [5.41, 5.74) is 1.40. The van der Waals surface area contributed by atoms with Gasteiger partial charge >= 0.3 is 0 Å². The molecule has 1 aliphatic rings. The predicted molar refractivity (Wildman–Crippen MR) is 92.7 cm³/mol. The van der Waals surface area contributed by atoms with E-state index in [1.165, 1.54) is 0 Å². The molecular weight excluding hydrogens is 304 g/mol. The number of nitrogens with one attached hydrogen (secondary N) is 1. The summed E-state index contributed by atoms with van der Waals surface area (Å²) in [6.45, 7) is 5.35. The minimum absolute atomic E-state index is 0.0755. The summed E-state index contributed by atoms with van der Waals surface area (Å²) >= 11 is 0. The highest BCUT2D eigenvalue weighted by molar-refractivity contribution is 5.96. The Morgan fingerprint density at radius 3 is 2.75 bits per heavy atom. The van der Waals surface area contributed by atoms with Crippen LogP contribution < -0.4 is 5.32 Å². The molecule has 0 saturated heterocycles. The van der Waals surface area contributed by atoms with E-state index in [9.17, 15) is 9.90 Å². The quantitative estimate of drug-likeness (QED) is 0.882. The number of aromatic nitrogens is 3. The molecule has 0 aliphatic heterocycles. The normalized spacial score (nSPS) is 21.3. The summed E-state index contributed by atoms with van der Waals surface area (Å²) < 4.78 is 1.89. The zero-order valence-electron chi connectivity index (χ0n) is 14.4. The van der Waals surface area contributed by atoms with E-state index in [0.717, 1.165) is 43.3 Å². The van der Waals surface area contributed by atoms with Crippen LogP contribution >= 0.6 is 0 Å². The highest BCUT2D eigenvalue weighted by Gasteiger charge is 2.22. The van der Waals surface area contributed by atoms with Crippen molar-refractivity contribution in [2.45, 2.75) is 52.1 Å². The van der Waals surface area contributed by atoms with Gasteiger partial charge in [0.2, 0.25) is 0 Å². The number of hydrogen-bond acceptors (Lipinski definition) is 4. The van der Waals surface area contributed by atoms with Crippen LogP contribution in [0.3, 0.4) is 0 Å². The van der Waals surface area contributed by atoms with Gasteiger partial charge < -0.3 is 10.4 Å². The maximum atomic E-state index is 12.5. The molecule has 130 valence electrons. The SMILES string of the molecule is CC(C)Cn1ncc2cc(C(=O)NC3CCC(CO)CC3)cnc21. The number of nitrogens with zero attached hydrogens (tertiary/aromatic N) is 3. The molecule has 3 rings (SSSR count). The second-order valence-corrected chi connectivity index (χ2v) is 7.23. The molecule has 24 heavy (non-hydrogen) atoms. The van der Waals surface area contributed by atoms with E-state index < -0.39 is 0 Å². The third kappa shape index (κ3) is 3.75. The van der Waals surface area contributed by atoms with Gasteiger partial charge in [0.15, 0.2) is 5.65 Å². The molecule has 6 nitrogen and oxygen atoms in total. The van der Waals surface area contributed by atoms with Gasteiger partial charge in [-0.25, -0.2) is 9.67 Å². The van der Waals surface area contributed by atoms with Gasteiger partial charge in [-0.05, 0) is 43.6 Å². The number of fused-ring (bicyclic) bond motifs is 1. The van der Waals surface area contributed by atoms with Crippen LogP contribution in [0.1, 0.15) is 49.9 Å². The lowest BCUT2D eigenvalue weighted by atomic mass is 9.86. The van der Waals surface area contributed by atoms with Gasteiger partial charge in [0.25, 0.3) is 5.91 Å². The number of pyridine rings is 1. The highest BCUT2D eigenvalue weighted by Crippen LogP contribution is 2.24. The number of aliphatic hydroxyl groups excluding tert-OH is 1. The molecule has 6 heteroatoms. The number of amides is 1. The Morgan fingerprint density at radius 2 is 2.08 bits per heavy atom. The van der Waals surface area contributed by atoms with Gasteiger partial charge in [-0.1, -0.05) is 13.8 Å². The summed E-state index contributed by atoms with van der Waals surface area (Å²) in [6, 6.07) is 2.06. The lowest BCUT2D eigenvalue weighted by Crippen LogP contribution is -2.38. The van der Waals surface area contributed by atoms with Crippen LogP contribution in [0.25, 0.3) is 11.0 Å². The Bertz CT molecular complexity index is 702. The van der Waals surface area contributed by atoms with E-state index in [0.29, 0.717) is 17.4 Å². The Balaban J connectivity index is 1.67. The topological polar surface area (TPSA) is 80.0 Å². The van der Waals surface area contributed by atoms with Crippen molar-refractivity contribution in [3.8, 4) is 0 Å². The largest absolute Gasteiger partial charge is 0.396 e. The number of aliphatic hydroxyl groups is 1. The smallest absolute Gasteiger partial charge is 0.253 e. The van der Waals surface area contributed by atoms with Crippen molar-refractivity contribution in [2.75, 3.05) is 6.61 Å². The van der Waals surface area contributed by atoms with Crippen LogP contribution in [-0.2, 0) is 6.54 Å². The Labute approximate surface area is 142 Å². The Morgan fingerprint density at radius 1 is 1.33 bits per heavy atom. The van der Waals surface area contributed by atoms with E-state index >= 15 is 0 Å². The van der Waals surface area contributed by atoms with Crippen LogP contribution in [0.5, 0.6) is 0 Å².